The number of morpholine rings is 1. The zero-order valence-corrected chi connectivity index (χ0v) is 22.3. The molecular weight excluding hydrogens is 494 g/mol. The number of amides is 3. The second-order valence-corrected chi connectivity index (χ2v) is 9.87. The number of nitrogens with zero attached hydrogens (tertiary/aromatic N) is 3. The van der Waals surface area contributed by atoms with Crippen molar-refractivity contribution in [2.45, 2.75) is 31.8 Å². The topological polar surface area (TPSA) is 79.4 Å². The molecule has 1 fully saturated rings. The molecule has 0 N–H and O–H groups in total. The number of likely N-dealkylation sites (N-methyl/N-ethyl adjacent to an activating group) is 1. The fourth-order valence-electron chi connectivity index (χ4n) is 5.19. The Morgan fingerprint density at radius 3 is 2.41 bits per heavy atom. The van der Waals surface area contributed by atoms with Gasteiger partial charge in [0.2, 0.25) is 11.8 Å². The van der Waals surface area contributed by atoms with Gasteiger partial charge in [-0.2, -0.15) is 0 Å². The van der Waals surface area contributed by atoms with Crippen molar-refractivity contribution in [2.24, 2.45) is 0 Å². The highest BCUT2D eigenvalue weighted by Crippen LogP contribution is 2.28. The van der Waals surface area contributed by atoms with Crippen LogP contribution in [0.2, 0.25) is 0 Å². The Labute approximate surface area is 228 Å². The van der Waals surface area contributed by atoms with Crippen LogP contribution in [0, 0.1) is 0 Å². The number of benzene rings is 3. The van der Waals surface area contributed by atoms with Gasteiger partial charge in [0, 0.05) is 44.4 Å². The number of carbonyl (C=O) groups is 3. The van der Waals surface area contributed by atoms with E-state index in [1.165, 1.54) is 0 Å². The molecule has 0 aliphatic carbocycles. The maximum Gasteiger partial charge on any atom is 0.253 e. The third-order valence-electron chi connectivity index (χ3n) is 7.51. The van der Waals surface area contributed by atoms with Crippen molar-refractivity contribution < 1.29 is 23.9 Å². The van der Waals surface area contributed by atoms with Gasteiger partial charge in [-0.25, -0.2) is 0 Å². The fourth-order valence-corrected chi connectivity index (χ4v) is 5.19. The molecule has 0 bridgehead atoms. The lowest BCUT2D eigenvalue weighted by atomic mass is 9.92. The summed E-state index contributed by atoms with van der Waals surface area (Å²) in [6.07, 6.45) is 1.36. The van der Waals surface area contributed by atoms with E-state index in [-0.39, 0.29) is 24.3 Å². The van der Waals surface area contributed by atoms with Gasteiger partial charge < -0.3 is 24.2 Å². The number of carbonyl (C=O) groups excluding carboxylic acids is 3. The minimum Gasteiger partial charge on any atom is -0.497 e. The minimum atomic E-state index is -0.603. The highest BCUT2D eigenvalue weighted by atomic mass is 16.5. The van der Waals surface area contributed by atoms with Gasteiger partial charge in [-0.3, -0.25) is 14.4 Å². The molecule has 8 heteroatoms. The van der Waals surface area contributed by atoms with E-state index in [0.717, 1.165) is 28.1 Å². The Balaban J connectivity index is 1.32. The molecule has 0 aromatic heterocycles. The van der Waals surface area contributed by atoms with Crippen LogP contribution < -0.4 is 14.5 Å². The number of aryl methyl sites for hydroxylation is 1. The van der Waals surface area contributed by atoms with Crippen LogP contribution in [0.1, 0.15) is 23.1 Å². The molecule has 0 unspecified atom stereocenters. The number of rotatable bonds is 7. The quantitative estimate of drug-likeness (QED) is 0.469. The second kappa shape index (κ2) is 11.7. The summed E-state index contributed by atoms with van der Waals surface area (Å²) in [5.74, 6) is 0.504. The highest BCUT2D eigenvalue weighted by Gasteiger charge is 2.36. The number of anilines is 2. The van der Waals surface area contributed by atoms with Crippen LogP contribution in [0.3, 0.4) is 0 Å². The Morgan fingerprint density at radius 1 is 1.00 bits per heavy atom. The number of hydrogen-bond acceptors (Lipinski definition) is 5. The molecule has 39 heavy (non-hydrogen) atoms. The highest BCUT2D eigenvalue weighted by molar-refractivity contribution is 6.00. The van der Waals surface area contributed by atoms with E-state index in [2.05, 4.69) is 0 Å². The van der Waals surface area contributed by atoms with Gasteiger partial charge in [-0.1, -0.05) is 36.4 Å². The lowest BCUT2D eigenvalue weighted by Crippen LogP contribution is -2.53. The van der Waals surface area contributed by atoms with Crippen LogP contribution in [0.5, 0.6) is 5.75 Å². The molecule has 5 rings (SSSR count). The summed E-state index contributed by atoms with van der Waals surface area (Å²) >= 11 is 0. The molecule has 2 heterocycles. The fraction of sp³-hybridized carbons (Fsp3) is 0.323. The number of fused-ring (bicyclic) bond motifs is 1. The van der Waals surface area contributed by atoms with Crippen LogP contribution in [0.4, 0.5) is 11.4 Å². The largest absolute Gasteiger partial charge is 0.497 e. The van der Waals surface area contributed by atoms with Crippen LogP contribution in [0.25, 0.3) is 0 Å². The molecule has 2 aliphatic heterocycles. The van der Waals surface area contributed by atoms with Gasteiger partial charge in [0.1, 0.15) is 18.4 Å². The van der Waals surface area contributed by atoms with Crippen LogP contribution in [0.15, 0.2) is 72.8 Å². The third kappa shape index (κ3) is 5.81. The van der Waals surface area contributed by atoms with E-state index in [1.54, 1.807) is 28.9 Å². The van der Waals surface area contributed by atoms with Gasteiger partial charge in [-0.05, 0) is 59.5 Å². The standard InChI is InChI=1S/C31H33N3O5/c1-32(25-10-12-26(13-11-25)33-17-18-39-21-30(33)36)31(37)28-19-23-5-3-4-6-24(23)20-34(28)29(35)16-9-22-7-14-27(38-2)15-8-22/h3-8,10-15,28H,9,16-21H2,1-2H3/t28-/m0/s1. The van der Waals surface area contributed by atoms with Crippen LogP contribution in [-0.2, 0) is 38.5 Å². The first-order valence-corrected chi connectivity index (χ1v) is 13.2. The van der Waals surface area contributed by atoms with E-state index in [0.29, 0.717) is 44.6 Å². The maximum absolute atomic E-state index is 13.8. The maximum atomic E-state index is 13.8. The van der Waals surface area contributed by atoms with Crippen molar-refractivity contribution >= 4 is 29.1 Å². The van der Waals surface area contributed by atoms with Gasteiger partial charge in [-0.15, -0.1) is 0 Å². The molecule has 2 aliphatic rings. The molecular formula is C31H33N3O5. The Morgan fingerprint density at radius 2 is 1.72 bits per heavy atom. The van der Waals surface area contributed by atoms with Crippen LogP contribution >= 0.6 is 0 Å². The van der Waals surface area contributed by atoms with Crippen molar-refractivity contribution in [1.29, 1.82) is 0 Å². The summed E-state index contributed by atoms with van der Waals surface area (Å²) in [5, 5.41) is 0. The Kier molecular flexibility index (Phi) is 7.93. The first-order chi connectivity index (χ1) is 18.9. The molecule has 1 saturated heterocycles. The monoisotopic (exact) mass is 527 g/mol. The van der Waals surface area contributed by atoms with Gasteiger partial charge >= 0.3 is 0 Å². The van der Waals surface area contributed by atoms with Crippen molar-refractivity contribution in [2.75, 3.05) is 43.7 Å². The van der Waals surface area contributed by atoms with E-state index < -0.39 is 6.04 Å². The predicted octanol–water partition coefficient (Wildman–Crippen LogP) is 3.61. The summed E-state index contributed by atoms with van der Waals surface area (Å²) in [6, 6.07) is 22.4. The molecule has 3 aromatic carbocycles. The summed E-state index contributed by atoms with van der Waals surface area (Å²) in [6.45, 7) is 1.48. The Bertz CT molecular complexity index is 1340. The second-order valence-electron chi connectivity index (χ2n) is 9.87. The van der Waals surface area contributed by atoms with E-state index >= 15 is 0 Å². The normalized spacial score (nSPS) is 17.0. The molecule has 0 radical (unpaired) electrons. The molecule has 8 nitrogen and oxygen atoms in total. The SMILES string of the molecule is COc1ccc(CCC(=O)N2Cc3ccccc3C[C@H]2C(=O)N(C)c2ccc(N3CCOCC3=O)cc2)cc1. The summed E-state index contributed by atoms with van der Waals surface area (Å²) in [7, 11) is 3.36. The van der Waals surface area contributed by atoms with Crippen molar-refractivity contribution in [3.63, 3.8) is 0 Å². The predicted molar refractivity (Wildman–Crippen MR) is 149 cm³/mol. The van der Waals surface area contributed by atoms with Crippen LogP contribution in [-0.4, -0.2) is 62.6 Å². The van der Waals surface area contributed by atoms with Gasteiger partial charge in [0.15, 0.2) is 0 Å². The zero-order chi connectivity index (χ0) is 27.4. The Hall–Kier alpha value is -4.17. The number of ether oxygens (including phenoxy) is 2. The third-order valence-corrected chi connectivity index (χ3v) is 7.51. The molecule has 0 spiro atoms. The molecule has 202 valence electrons. The first-order valence-electron chi connectivity index (χ1n) is 13.2. The van der Waals surface area contributed by atoms with Crippen molar-refractivity contribution in [3.05, 3.63) is 89.5 Å². The molecule has 3 amide bonds. The van der Waals surface area contributed by atoms with E-state index in [9.17, 15) is 14.4 Å². The lowest BCUT2D eigenvalue weighted by Gasteiger charge is -2.38. The summed E-state index contributed by atoms with van der Waals surface area (Å²) in [4.78, 5) is 44.6. The smallest absolute Gasteiger partial charge is 0.253 e. The minimum absolute atomic E-state index is 0.0479. The van der Waals surface area contributed by atoms with E-state index in [4.69, 9.17) is 9.47 Å². The number of methoxy groups -OCH3 is 1. The summed E-state index contributed by atoms with van der Waals surface area (Å²) in [5.41, 5.74) is 4.68. The molecule has 1 atom stereocenters. The zero-order valence-electron chi connectivity index (χ0n) is 22.3. The molecule has 0 saturated carbocycles. The first kappa shape index (κ1) is 26.4. The molecule has 3 aromatic rings. The average molecular weight is 528 g/mol. The lowest BCUT2D eigenvalue weighted by molar-refractivity contribution is -0.140. The van der Waals surface area contributed by atoms with Gasteiger partial charge in [0.05, 0.1) is 13.7 Å². The number of hydrogen-bond donors (Lipinski definition) is 0. The summed E-state index contributed by atoms with van der Waals surface area (Å²) < 4.78 is 10.4. The van der Waals surface area contributed by atoms with Gasteiger partial charge in [0.25, 0.3) is 5.91 Å². The van der Waals surface area contributed by atoms with E-state index in [1.807, 2.05) is 72.8 Å². The van der Waals surface area contributed by atoms with Crippen molar-refractivity contribution in [3.8, 4) is 5.75 Å². The van der Waals surface area contributed by atoms with Crippen molar-refractivity contribution in [1.82, 2.24) is 4.90 Å². The average Bonchev–Trinajstić information content (AvgIpc) is 2.99.